The summed E-state index contributed by atoms with van der Waals surface area (Å²) in [5.41, 5.74) is 2.31. The molecule has 0 bridgehead atoms. The Kier molecular flexibility index (Phi) is 6.63. The van der Waals surface area contributed by atoms with Crippen molar-refractivity contribution in [2.75, 3.05) is 13.2 Å². The van der Waals surface area contributed by atoms with Crippen molar-refractivity contribution in [3.8, 4) is 0 Å². The van der Waals surface area contributed by atoms with Gasteiger partial charge >= 0.3 is 6.03 Å². The number of hydrogen-bond donors (Lipinski definition) is 2. The van der Waals surface area contributed by atoms with Crippen LogP contribution in [0.15, 0.2) is 54.6 Å². The highest BCUT2D eigenvalue weighted by molar-refractivity contribution is 6.07. The van der Waals surface area contributed by atoms with Crippen molar-refractivity contribution in [3.63, 3.8) is 0 Å². The Balaban J connectivity index is 1.43. The topological polar surface area (TPSA) is 78.9 Å². The van der Waals surface area contributed by atoms with Crippen LogP contribution in [0.3, 0.4) is 0 Å². The molecule has 1 aliphatic carbocycles. The second-order valence-corrected chi connectivity index (χ2v) is 9.25. The average molecular weight is 437 g/mol. The van der Waals surface area contributed by atoms with E-state index in [0.717, 1.165) is 34.4 Å². The number of aliphatic hydroxyl groups excluding tert-OH is 1. The fraction of sp³-hybridized carbons (Fsp3) is 0.462. The fourth-order valence-electron chi connectivity index (χ4n) is 4.78. The maximum absolute atomic E-state index is 13.1. The highest BCUT2D eigenvalue weighted by atomic mass is 16.5. The van der Waals surface area contributed by atoms with E-state index >= 15 is 0 Å². The first kappa shape index (κ1) is 22.5. The number of urea groups is 1. The normalized spacial score (nSPS) is 25.1. The monoisotopic (exact) mass is 436 g/mol. The molecule has 32 heavy (non-hydrogen) atoms. The number of carbonyl (C=O) groups is 2. The minimum absolute atomic E-state index is 0.00892. The van der Waals surface area contributed by atoms with Crippen LogP contribution in [-0.2, 0) is 9.53 Å². The molecule has 2 N–H and O–H groups in total. The Morgan fingerprint density at radius 1 is 1.09 bits per heavy atom. The molecule has 0 aromatic heterocycles. The van der Waals surface area contributed by atoms with Crippen molar-refractivity contribution in [1.82, 2.24) is 10.2 Å². The van der Waals surface area contributed by atoms with E-state index in [2.05, 4.69) is 12.2 Å². The van der Waals surface area contributed by atoms with E-state index in [4.69, 9.17) is 4.74 Å². The highest BCUT2D eigenvalue weighted by Crippen LogP contribution is 2.36. The van der Waals surface area contributed by atoms with E-state index in [1.165, 1.54) is 0 Å². The van der Waals surface area contributed by atoms with Crippen molar-refractivity contribution in [3.05, 3.63) is 71.3 Å². The van der Waals surface area contributed by atoms with Gasteiger partial charge in [0.1, 0.15) is 11.6 Å². The molecule has 2 atom stereocenters. The Labute approximate surface area is 189 Å². The lowest BCUT2D eigenvalue weighted by Crippen LogP contribution is -2.49. The van der Waals surface area contributed by atoms with Crippen molar-refractivity contribution in [2.24, 2.45) is 5.92 Å². The van der Waals surface area contributed by atoms with Crippen molar-refractivity contribution >= 4 is 11.9 Å². The van der Waals surface area contributed by atoms with Crippen LogP contribution in [0.1, 0.15) is 55.4 Å². The molecule has 0 radical (unpaired) electrons. The van der Waals surface area contributed by atoms with Crippen molar-refractivity contribution in [2.45, 2.75) is 57.3 Å². The fourth-order valence-corrected chi connectivity index (χ4v) is 4.78. The zero-order valence-corrected chi connectivity index (χ0v) is 18.8. The van der Waals surface area contributed by atoms with Gasteiger partial charge in [-0.05, 0) is 55.2 Å². The van der Waals surface area contributed by atoms with Gasteiger partial charge in [0.2, 0.25) is 0 Å². The molecule has 3 amide bonds. The third-order valence-electron chi connectivity index (χ3n) is 6.80. The number of nitrogens with one attached hydrogen (secondary N) is 1. The Morgan fingerprint density at radius 3 is 2.44 bits per heavy atom. The van der Waals surface area contributed by atoms with Gasteiger partial charge < -0.3 is 15.2 Å². The van der Waals surface area contributed by atoms with E-state index in [9.17, 15) is 14.7 Å². The lowest BCUT2D eigenvalue weighted by atomic mass is 9.77. The van der Waals surface area contributed by atoms with E-state index in [1.54, 1.807) is 0 Å². The number of benzene rings is 2. The number of aryl methyl sites for hydroxylation is 1. The number of ether oxygens (including phenoxy) is 1. The molecule has 2 fully saturated rings. The zero-order chi connectivity index (χ0) is 22.7. The van der Waals surface area contributed by atoms with Gasteiger partial charge in [-0.1, -0.05) is 61.5 Å². The standard InChI is InChI=1S/C26H32N2O4/c1-18-12-14-26(15-13-18)24(30)28(25(31)27-26)16-21(29)17-32-23(20-9-4-3-5-10-20)22-11-7-6-8-19(22)2/h3-11,18,21,23,29H,12-17H2,1-2H3,(H,27,31)/t18?,21-,23-,26?/m1/s1. The molecule has 1 saturated carbocycles. The minimum atomic E-state index is -0.974. The molecule has 0 unspecified atom stereocenters. The van der Waals surface area contributed by atoms with Crippen LogP contribution >= 0.6 is 0 Å². The summed E-state index contributed by atoms with van der Waals surface area (Å²) in [7, 11) is 0. The molecule has 170 valence electrons. The van der Waals surface area contributed by atoms with Crippen LogP contribution in [-0.4, -0.2) is 46.7 Å². The maximum atomic E-state index is 13.1. The minimum Gasteiger partial charge on any atom is -0.389 e. The number of aliphatic hydroxyl groups is 1. The molecule has 1 saturated heterocycles. The summed E-state index contributed by atoms with van der Waals surface area (Å²) in [5.74, 6) is 0.349. The van der Waals surface area contributed by atoms with Crippen LogP contribution in [0.5, 0.6) is 0 Å². The summed E-state index contributed by atoms with van der Waals surface area (Å²) in [5, 5.41) is 13.6. The predicted molar refractivity (Wildman–Crippen MR) is 122 cm³/mol. The molecule has 2 aromatic carbocycles. The average Bonchev–Trinajstić information content (AvgIpc) is 3.02. The van der Waals surface area contributed by atoms with Gasteiger partial charge in [-0.3, -0.25) is 9.69 Å². The Hall–Kier alpha value is -2.70. The van der Waals surface area contributed by atoms with E-state index in [0.29, 0.717) is 18.8 Å². The second-order valence-electron chi connectivity index (χ2n) is 9.25. The number of amides is 3. The number of hydrogen-bond acceptors (Lipinski definition) is 4. The van der Waals surface area contributed by atoms with E-state index in [-0.39, 0.29) is 25.2 Å². The van der Waals surface area contributed by atoms with Gasteiger partial charge in [0.25, 0.3) is 5.91 Å². The lowest BCUT2D eigenvalue weighted by molar-refractivity contribution is -0.134. The predicted octanol–water partition coefficient (Wildman–Crippen LogP) is 3.96. The smallest absolute Gasteiger partial charge is 0.325 e. The van der Waals surface area contributed by atoms with Crippen LogP contribution in [0, 0.1) is 12.8 Å². The van der Waals surface area contributed by atoms with Crippen LogP contribution < -0.4 is 5.32 Å². The summed E-state index contributed by atoms with van der Waals surface area (Å²) in [6.45, 7) is 4.14. The molecule has 1 aliphatic heterocycles. The Bertz CT molecular complexity index is 953. The summed E-state index contributed by atoms with van der Waals surface area (Å²) in [4.78, 5) is 26.8. The number of rotatable bonds is 7. The molecule has 6 nitrogen and oxygen atoms in total. The first-order valence-corrected chi connectivity index (χ1v) is 11.4. The summed E-state index contributed by atoms with van der Waals surface area (Å²) in [6.07, 6.45) is 1.83. The molecule has 4 rings (SSSR count). The molecular weight excluding hydrogens is 404 g/mol. The molecule has 2 aromatic rings. The van der Waals surface area contributed by atoms with Gasteiger partial charge in [-0.25, -0.2) is 4.79 Å². The summed E-state index contributed by atoms with van der Waals surface area (Å²) >= 11 is 0. The zero-order valence-electron chi connectivity index (χ0n) is 18.8. The largest absolute Gasteiger partial charge is 0.389 e. The molecule has 1 heterocycles. The summed E-state index contributed by atoms with van der Waals surface area (Å²) in [6, 6.07) is 17.4. The van der Waals surface area contributed by atoms with E-state index in [1.807, 2.05) is 61.5 Å². The van der Waals surface area contributed by atoms with Crippen molar-refractivity contribution in [1.29, 1.82) is 0 Å². The molecular formula is C26H32N2O4. The number of carbonyl (C=O) groups excluding carboxylic acids is 2. The van der Waals surface area contributed by atoms with Gasteiger partial charge in [0.05, 0.1) is 19.3 Å². The molecule has 2 aliphatic rings. The maximum Gasteiger partial charge on any atom is 0.325 e. The SMILES string of the molecule is Cc1ccccc1[C@H](OC[C@H](O)CN1C(=O)NC2(CCC(C)CC2)C1=O)c1ccccc1. The highest BCUT2D eigenvalue weighted by Gasteiger charge is 2.52. The Morgan fingerprint density at radius 2 is 1.75 bits per heavy atom. The van der Waals surface area contributed by atoms with Gasteiger partial charge in [-0.2, -0.15) is 0 Å². The molecule has 6 heteroatoms. The van der Waals surface area contributed by atoms with Crippen LogP contribution in [0.2, 0.25) is 0 Å². The number of nitrogens with zero attached hydrogens (tertiary/aromatic N) is 1. The van der Waals surface area contributed by atoms with Gasteiger partial charge in [0.15, 0.2) is 0 Å². The van der Waals surface area contributed by atoms with E-state index < -0.39 is 17.7 Å². The van der Waals surface area contributed by atoms with Crippen LogP contribution in [0.4, 0.5) is 4.79 Å². The van der Waals surface area contributed by atoms with Gasteiger partial charge in [-0.15, -0.1) is 0 Å². The third-order valence-corrected chi connectivity index (χ3v) is 6.80. The lowest BCUT2D eigenvalue weighted by Gasteiger charge is -2.33. The first-order valence-electron chi connectivity index (χ1n) is 11.4. The van der Waals surface area contributed by atoms with Gasteiger partial charge in [0, 0.05) is 0 Å². The van der Waals surface area contributed by atoms with Crippen LogP contribution in [0.25, 0.3) is 0 Å². The second kappa shape index (κ2) is 9.43. The number of β-amino-alcohol motifs (C(OH)–C–C–N with tert-alkyl or cyclic N) is 1. The quantitative estimate of drug-likeness (QED) is 0.644. The summed E-state index contributed by atoms with van der Waals surface area (Å²) < 4.78 is 6.17. The third kappa shape index (κ3) is 4.57. The first-order chi connectivity index (χ1) is 15.4. The van der Waals surface area contributed by atoms with Crippen molar-refractivity contribution < 1.29 is 19.4 Å². The molecule has 1 spiro atoms. The number of imide groups is 1.